The molecular formula is C23H20ClFN2O2. The van der Waals surface area contributed by atoms with Gasteiger partial charge in [-0.25, -0.2) is 4.39 Å². The lowest BCUT2D eigenvalue weighted by Crippen LogP contribution is -2.33. The maximum Gasteiger partial charge on any atom is 0.254 e. The summed E-state index contributed by atoms with van der Waals surface area (Å²) in [5.74, 6) is 0.140. The average molecular weight is 411 g/mol. The molecule has 1 amide bonds. The molecule has 6 heteroatoms. The minimum atomic E-state index is -0.393. The van der Waals surface area contributed by atoms with Crippen LogP contribution in [0.3, 0.4) is 0 Å². The SMILES string of the molecule is O=C(c1ccc(OCc2cccnc2)cc1)N(Cc1c(F)cccc1Cl)C1CC1. The Morgan fingerprint density at radius 2 is 1.93 bits per heavy atom. The lowest BCUT2D eigenvalue weighted by atomic mass is 10.1. The summed E-state index contributed by atoms with van der Waals surface area (Å²) in [6.45, 7) is 0.565. The number of pyridine rings is 1. The van der Waals surface area contributed by atoms with Crippen LogP contribution in [0.5, 0.6) is 5.75 Å². The van der Waals surface area contributed by atoms with Gasteiger partial charge in [0.25, 0.3) is 5.91 Å². The summed E-state index contributed by atoms with van der Waals surface area (Å²) in [6.07, 6.45) is 5.30. The predicted octanol–water partition coefficient (Wildman–Crippen LogP) is 5.26. The van der Waals surface area contributed by atoms with Gasteiger partial charge in [0.1, 0.15) is 18.2 Å². The van der Waals surface area contributed by atoms with Gasteiger partial charge in [-0.2, -0.15) is 0 Å². The number of ether oxygens (including phenoxy) is 1. The van der Waals surface area contributed by atoms with Crippen LogP contribution in [-0.4, -0.2) is 21.8 Å². The Labute approximate surface area is 173 Å². The zero-order valence-corrected chi connectivity index (χ0v) is 16.5. The van der Waals surface area contributed by atoms with E-state index in [1.807, 2.05) is 12.1 Å². The molecule has 1 saturated carbocycles. The Hall–Kier alpha value is -2.92. The van der Waals surface area contributed by atoms with Crippen molar-refractivity contribution in [3.05, 3.63) is 94.5 Å². The molecule has 0 unspecified atom stereocenters. The van der Waals surface area contributed by atoms with Gasteiger partial charge in [-0.05, 0) is 55.3 Å². The molecule has 148 valence electrons. The van der Waals surface area contributed by atoms with Crippen LogP contribution in [-0.2, 0) is 13.2 Å². The van der Waals surface area contributed by atoms with E-state index in [2.05, 4.69) is 4.98 Å². The standard InChI is InChI=1S/C23H20ClFN2O2/c24-21-4-1-5-22(25)20(21)14-27(18-8-9-18)23(28)17-6-10-19(11-7-17)29-15-16-3-2-12-26-13-16/h1-7,10-13,18H,8-9,14-15H2. The molecule has 0 radical (unpaired) electrons. The van der Waals surface area contributed by atoms with Crippen LogP contribution in [0.15, 0.2) is 67.0 Å². The zero-order valence-electron chi connectivity index (χ0n) is 15.7. The summed E-state index contributed by atoms with van der Waals surface area (Å²) >= 11 is 6.16. The second-order valence-electron chi connectivity index (χ2n) is 7.04. The number of benzene rings is 2. The van der Waals surface area contributed by atoms with E-state index in [1.165, 1.54) is 6.07 Å². The molecule has 4 rings (SSSR count). The van der Waals surface area contributed by atoms with Crippen molar-refractivity contribution in [3.8, 4) is 5.75 Å². The van der Waals surface area contributed by atoms with Crippen LogP contribution < -0.4 is 4.74 Å². The normalized spacial score (nSPS) is 13.2. The third-order valence-electron chi connectivity index (χ3n) is 4.87. The van der Waals surface area contributed by atoms with Gasteiger partial charge in [0.05, 0.1) is 6.54 Å². The van der Waals surface area contributed by atoms with Crippen molar-refractivity contribution in [2.75, 3.05) is 0 Å². The number of nitrogens with zero attached hydrogens (tertiary/aromatic N) is 2. The van der Waals surface area contributed by atoms with E-state index in [9.17, 15) is 9.18 Å². The first-order valence-corrected chi connectivity index (χ1v) is 9.85. The Morgan fingerprint density at radius 1 is 1.14 bits per heavy atom. The van der Waals surface area contributed by atoms with Crippen LogP contribution >= 0.6 is 11.6 Å². The number of halogens is 2. The number of hydrogen-bond acceptors (Lipinski definition) is 3. The van der Waals surface area contributed by atoms with Gasteiger partial charge < -0.3 is 9.64 Å². The molecule has 1 fully saturated rings. The number of hydrogen-bond donors (Lipinski definition) is 0. The van der Waals surface area contributed by atoms with Crippen molar-refractivity contribution in [1.82, 2.24) is 9.88 Å². The molecule has 0 N–H and O–H groups in total. The fourth-order valence-electron chi connectivity index (χ4n) is 3.12. The van der Waals surface area contributed by atoms with Crippen molar-refractivity contribution in [1.29, 1.82) is 0 Å². The van der Waals surface area contributed by atoms with Gasteiger partial charge in [-0.15, -0.1) is 0 Å². The van der Waals surface area contributed by atoms with Gasteiger partial charge >= 0.3 is 0 Å². The Balaban J connectivity index is 1.45. The van der Waals surface area contributed by atoms with E-state index in [0.717, 1.165) is 18.4 Å². The summed E-state index contributed by atoms with van der Waals surface area (Å²) < 4.78 is 19.9. The molecule has 1 aliphatic rings. The number of rotatable bonds is 7. The molecule has 1 heterocycles. The minimum Gasteiger partial charge on any atom is -0.489 e. The molecule has 4 nitrogen and oxygen atoms in total. The fraction of sp³-hybridized carbons (Fsp3) is 0.217. The molecule has 0 bridgehead atoms. The quantitative estimate of drug-likeness (QED) is 0.533. The molecule has 29 heavy (non-hydrogen) atoms. The van der Waals surface area contributed by atoms with Crippen LogP contribution in [0.2, 0.25) is 5.02 Å². The summed E-state index contributed by atoms with van der Waals surface area (Å²) in [5.41, 5.74) is 1.86. The molecular weight excluding hydrogens is 391 g/mol. The first-order valence-electron chi connectivity index (χ1n) is 9.47. The maximum absolute atomic E-state index is 14.2. The van der Waals surface area contributed by atoms with Crippen LogP contribution in [0.1, 0.15) is 34.3 Å². The Kier molecular flexibility index (Phi) is 5.76. The Bertz CT molecular complexity index is 971. The zero-order chi connectivity index (χ0) is 20.2. The maximum atomic E-state index is 14.2. The van der Waals surface area contributed by atoms with Gasteiger partial charge in [0.2, 0.25) is 0 Å². The number of aromatic nitrogens is 1. The molecule has 1 aliphatic carbocycles. The van der Waals surface area contributed by atoms with Gasteiger partial charge in [-0.1, -0.05) is 23.7 Å². The topological polar surface area (TPSA) is 42.4 Å². The predicted molar refractivity (Wildman–Crippen MR) is 109 cm³/mol. The van der Waals surface area contributed by atoms with Gasteiger partial charge in [-0.3, -0.25) is 9.78 Å². The molecule has 0 aliphatic heterocycles. The first-order chi connectivity index (χ1) is 14.1. The molecule has 0 atom stereocenters. The van der Waals surface area contributed by atoms with Crippen molar-refractivity contribution in [3.63, 3.8) is 0 Å². The second-order valence-corrected chi connectivity index (χ2v) is 7.45. The lowest BCUT2D eigenvalue weighted by Gasteiger charge is -2.23. The van der Waals surface area contributed by atoms with E-state index in [-0.39, 0.29) is 18.5 Å². The summed E-state index contributed by atoms with van der Waals surface area (Å²) in [7, 11) is 0. The van der Waals surface area contributed by atoms with Gasteiger partial charge in [0, 0.05) is 40.1 Å². The number of carbonyl (C=O) groups is 1. The molecule has 3 aromatic rings. The van der Waals surface area contributed by atoms with E-state index in [4.69, 9.17) is 16.3 Å². The molecule has 2 aromatic carbocycles. The van der Waals surface area contributed by atoms with Gasteiger partial charge in [0.15, 0.2) is 0 Å². The highest BCUT2D eigenvalue weighted by atomic mass is 35.5. The van der Waals surface area contributed by atoms with Crippen molar-refractivity contribution in [2.45, 2.75) is 32.0 Å². The average Bonchev–Trinajstić information content (AvgIpc) is 3.58. The van der Waals surface area contributed by atoms with Crippen LogP contribution in [0.4, 0.5) is 4.39 Å². The highest BCUT2D eigenvalue weighted by Gasteiger charge is 2.34. The molecule has 0 saturated heterocycles. The number of carbonyl (C=O) groups excluding carboxylic acids is 1. The molecule has 1 aromatic heterocycles. The van der Waals surface area contributed by atoms with E-state index < -0.39 is 5.82 Å². The van der Waals surface area contributed by atoms with E-state index in [0.29, 0.717) is 28.5 Å². The lowest BCUT2D eigenvalue weighted by molar-refractivity contribution is 0.0728. The van der Waals surface area contributed by atoms with Crippen molar-refractivity contribution >= 4 is 17.5 Å². The fourth-order valence-corrected chi connectivity index (χ4v) is 3.34. The van der Waals surface area contributed by atoms with E-state index >= 15 is 0 Å². The monoisotopic (exact) mass is 410 g/mol. The Morgan fingerprint density at radius 3 is 2.59 bits per heavy atom. The molecule has 0 spiro atoms. The smallest absolute Gasteiger partial charge is 0.254 e. The largest absolute Gasteiger partial charge is 0.489 e. The minimum absolute atomic E-state index is 0.125. The third-order valence-corrected chi connectivity index (χ3v) is 5.22. The van der Waals surface area contributed by atoms with Crippen LogP contribution in [0, 0.1) is 5.82 Å². The summed E-state index contributed by atoms with van der Waals surface area (Å²) in [6, 6.07) is 15.5. The number of amides is 1. The van der Waals surface area contributed by atoms with Crippen molar-refractivity contribution < 1.29 is 13.9 Å². The highest BCUT2D eigenvalue weighted by molar-refractivity contribution is 6.31. The summed E-state index contributed by atoms with van der Waals surface area (Å²) in [5, 5.41) is 0.336. The van der Waals surface area contributed by atoms with E-state index in [1.54, 1.807) is 53.7 Å². The third kappa shape index (κ3) is 4.74. The second kappa shape index (κ2) is 8.62. The van der Waals surface area contributed by atoms with Crippen LogP contribution in [0.25, 0.3) is 0 Å². The highest BCUT2D eigenvalue weighted by Crippen LogP contribution is 2.32. The summed E-state index contributed by atoms with van der Waals surface area (Å²) in [4.78, 5) is 18.8. The first kappa shape index (κ1) is 19.4. The van der Waals surface area contributed by atoms with Crippen molar-refractivity contribution in [2.24, 2.45) is 0 Å².